The van der Waals surface area contributed by atoms with Crippen LogP contribution in [0.25, 0.3) is 0 Å². The summed E-state index contributed by atoms with van der Waals surface area (Å²) in [6, 6.07) is 1.28. The van der Waals surface area contributed by atoms with Crippen LogP contribution < -0.4 is 9.47 Å². The van der Waals surface area contributed by atoms with Crippen LogP contribution in [0.5, 0.6) is 17.2 Å². The van der Waals surface area contributed by atoms with Gasteiger partial charge in [-0.3, -0.25) is 4.79 Å². The number of halogens is 1. The number of aliphatic hydroxyl groups excluding tert-OH is 1. The zero-order valence-electron chi connectivity index (χ0n) is 12.9. The highest BCUT2D eigenvalue weighted by Gasteiger charge is 2.59. The molecule has 3 atom stereocenters. The van der Waals surface area contributed by atoms with Gasteiger partial charge in [0.25, 0.3) is 0 Å². The maximum atomic E-state index is 13.2. The molecule has 23 heavy (non-hydrogen) atoms. The lowest BCUT2D eigenvalue weighted by Gasteiger charge is -2.38. The number of ether oxygens (including phenoxy) is 3. The molecule has 2 aliphatic rings. The second-order valence-corrected chi connectivity index (χ2v) is 6.10. The zero-order chi connectivity index (χ0) is 16.9. The van der Waals surface area contributed by atoms with Crippen molar-refractivity contribution < 1.29 is 29.2 Å². The van der Waals surface area contributed by atoms with E-state index >= 15 is 0 Å². The number of aliphatic hydroxyl groups is 1. The number of fused-ring (bicyclic) bond motifs is 1. The fourth-order valence-electron chi connectivity index (χ4n) is 3.31. The van der Waals surface area contributed by atoms with Gasteiger partial charge in [-0.25, -0.2) is 0 Å². The van der Waals surface area contributed by atoms with Gasteiger partial charge in [0.05, 0.1) is 20.3 Å². The summed E-state index contributed by atoms with van der Waals surface area (Å²) >= 11 is 6.11. The number of phenolic OH excluding ortho intramolecular Hbond substituents is 1. The first kappa shape index (κ1) is 16.0. The van der Waals surface area contributed by atoms with Crippen LogP contribution in [-0.2, 0) is 4.74 Å². The van der Waals surface area contributed by atoms with E-state index in [9.17, 15) is 15.0 Å². The topological polar surface area (TPSA) is 85.2 Å². The molecule has 0 aromatic heterocycles. The van der Waals surface area contributed by atoms with Crippen molar-refractivity contribution in [3.8, 4) is 17.2 Å². The number of Topliss-reactive ketones (excluding diaryl/α,β-unsaturated/α-hetero) is 1. The molecule has 1 spiro atoms. The van der Waals surface area contributed by atoms with Gasteiger partial charge in [-0.2, -0.15) is 0 Å². The highest BCUT2D eigenvalue weighted by atomic mass is 35.5. The van der Waals surface area contributed by atoms with Crippen LogP contribution in [0.15, 0.2) is 17.9 Å². The van der Waals surface area contributed by atoms with Gasteiger partial charge < -0.3 is 24.4 Å². The van der Waals surface area contributed by atoms with E-state index in [1.54, 1.807) is 6.92 Å². The standard InChI is InChI=1S/C16H17ClO6/c1-7-4-8(18)5-11(22-3)16(7)15(20)12-10(21-2)6-9(19)13(17)14(12)23-16/h5-8,18-19H,4H2,1-3H3/t7-,8+,16+/m1/s1. The van der Waals surface area contributed by atoms with Gasteiger partial charge in [-0.05, 0) is 12.5 Å². The molecule has 6 nitrogen and oxygen atoms in total. The Morgan fingerprint density at radius 1 is 1.39 bits per heavy atom. The summed E-state index contributed by atoms with van der Waals surface area (Å²) in [5.74, 6) is -0.489. The fourth-order valence-corrected chi connectivity index (χ4v) is 3.49. The van der Waals surface area contributed by atoms with Crippen LogP contribution >= 0.6 is 11.6 Å². The van der Waals surface area contributed by atoms with Crippen molar-refractivity contribution in [1.82, 2.24) is 0 Å². The molecule has 0 unspecified atom stereocenters. The van der Waals surface area contributed by atoms with E-state index in [-0.39, 0.29) is 45.3 Å². The monoisotopic (exact) mass is 340 g/mol. The number of ketones is 1. The summed E-state index contributed by atoms with van der Waals surface area (Å²) in [6.07, 6.45) is 1.07. The van der Waals surface area contributed by atoms with Crippen molar-refractivity contribution in [2.75, 3.05) is 14.2 Å². The lowest BCUT2D eigenvalue weighted by molar-refractivity contribution is -0.00265. The lowest BCUT2D eigenvalue weighted by atomic mass is 9.75. The first-order chi connectivity index (χ1) is 10.9. The van der Waals surface area contributed by atoms with Crippen molar-refractivity contribution in [2.24, 2.45) is 5.92 Å². The molecule has 1 aliphatic heterocycles. The van der Waals surface area contributed by atoms with E-state index in [0.29, 0.717) is 6.42 Å². The molecule has 124 valence electrons. The maximum Gasteiger partial charge on any atom is 0.230 e. The van der Waals surface area contributed by atoms with Gasteiger partial charge in [0.1, 0.15) is 27.8 Å². The molecule has 7 heteroatoms. The van der Waals surface area contributed by atoms with Crippen molar-refractivity contribution in [3.05, 3.63) is 28.5 Å². The van der Waals surface area contributed by atoms with E-state index in [1.807, 2.05) is 0 Å². The van der Waals surface area contributed by atoms with Gasteiger partial charge >= 0.3 is 0 Å². The van der Waals surface area contributed by atoms with E-state index in [0.717, 1.165) is 0 Å². The van der Waals surface area contributed by atoms with Gasteiger partial charge in [-0.15, -0.1) is 0 Å². The average Bonchev–Trinajstić information content (AvgIpc) is 2.82. The summed E-state index contributed by atoms with van der Waals surface area (Å²) < 4.78 is 16.5. The minimum atomic E-state index is -1.42. The third-order valence-electron chi connectivity index (χ3n) is 4.43. The Hall–Kier alpha value is -1.92. The van der Waals surface area contributed by atoms with E-state index < -0.39 is 11.7 Å². The highest BCUT2D eigenvalue weighted by molar-refractivity contribution is 6.35. The van der Waals surface area contributed by atoms with Crippen LogP contribution in [0.3, 0.4) is 0 Å². The second kappa shape index (κ2) is 5.32. The predicted octanol–water partition coefficient (Wildman–Crippen LogP) is 2.30. The van der Waals surface area contributed by atoms with Gasteiger partial charge in [0, 0.05) is 12.0 Å². The number of phenols is 1. The van der Waals surface area contributed by atoms with E-state index in [2.05, 4.69) is 0 Å². The number of hydrogen-bond donors (Lipinski definition) is 2. The maximum absolute atomic E-state index is 13.2. The first-order valence-corrected chi connectivity index (χ1v) is 7.52. The molecule has 0 saturated heterocycles. The molecule has 0 fully saturated rings. The molecule has 1 aromatic carbocycles. The Labute approximate surface area is 138 Å². The Morgan fingerprint density at radius 2 is 2.09 bits per heavy atom. The molecule has 0 bridgehead atoms. The molecule has 0 radical (unpaired) electrons. The number of methoxy groups -OCH3 is 2. The molecule has 3 rings (SSSR count). The summed E-state index contributed by atoms with van der Waals surface area (Å²) in [4.78, 5) is 13.2. The third-order valence-corrected chi connectivity index (χ3v) is 4.80. The first-order valence-electron chi connectivity index (χ1n) is 7.14. The summed E-state index contributed by atoms with van der Waals surface area (Å²) in [5.41, 5.74) is -1.25. The number of carbonyl (C=O) groups is 1. The van der Waals surface area contributed by atoms with Crippen LogP contribution in [0.1, 0.15) is 23.7 Å². The molecule has 0 saturated carbocycles. The SMILES string of the molecule is COC1=C[C@@H](O)C[C@@H](C)[C@]12Oc1c(Cl)c(O)cc(OC)c1C2=O. The summed E-state index contributed by atoms with van der Waals surface area (Å²) in [7, 11) is 2.80. The average molecular weight is 341 g/mol. The number of carbonyl (C=O) groups excluding carboxylic acids is 1. The quantitative estimate of drug-likeness (QED) is 0.859. The van der Waals surface area contributed by atoms with Crippen LogP contribution in [0, 0.1) is 5.92 Å². The smallest absolute Gasteiger partial charge is 0.230 e. The van der Waals surface area contributed by atoms with Crippen molar-refractivity contribution in [3.63, 3.8) is 0 Å². The molecule has 2 N–H and O–H groups in total. The van der Waals surface area contributed by atoms with Crippen molar-refractivity contribution in [2.45, 2.75) is 25.0 Å². The Kier molecular flexibility index (Phi) is 3.69. The van der Waals surface area contributed by atoms with Crippen molar-refractivity contribution >= 4 is 17.4 Å². The third kappa shape index (κ3) is 2.01. The van der Waals surface area contributed by atoms with Crippen LogP contribution in [0.2, 0.25) is 5.02 Å². The Balaban J connectivity index is 2.24. The predicted molar refractivity (Wildman–Crippen MR) is 82.2 cm³/mol. The van der Waals surface area contributed by atoms with Crippen LogP contribution in [0.4, 0.5) is 0 Å². The minimum absolute atomic E-state index is 0.0557. The molecular weight excluding hydrogens is 324 g/mol. The Morgan fingerprint density at radius 3 is 2.70 bits per heavy atom. The number of aromatic hydroxyl groups is 1. The number of rotatable bonds is 2. The van der Waals surface area contributed by atoms with E-state index in [1.165, 1.54) is 26.4 Å². The Bertz CT molecular complexity index is 713. The minimum Gasteiger partial charge on any atom is -0.506 e. The van der Waals surface area contributed by atoms with Gasteiger partial charge in [-0.1, -0.05) is 18.5 Å². The zero-order valence-corrected chi connectivity index (χ0v) is 13.7. The second-order valence-electron chi connectivity index (χ2n) is 5.72. The lowest BCUT2D eigenvalue weighted by Crippen LogP contribution is -2.52. The number of benzene rings is 1. The molecule has 0 amide bonds. The van der Waals surface area contributed by atoms with Gasteiger partial charge in [0.15, 0.2) is 5.75 Å². The number of hydrogen-bond acceptors (Lipinski definition) is 6. The normalized spacial score (nSPS) is 29.1. The molecule has 1 aliphatic carbocycles. The highest BCUT2D eigenvalue weighted by Crippen LogP contribution is 2.54. The van der Waals surface area contributed by atoms with Crippen molar-refractivity contribution in [1.29, 1.82) is 0 Å². The van der Waals surface area contributed by atoms with Crippen LogP contribution in [-0.4, -0.2) is 41.9 Å². The van der Waals surface area contributed by atoms with Gasteiger partial charge in [0.2, 0.25) is 11.4 Å². The fraction of sp³-hybridized carbons (Fsp3) is 0.438. The molecule has 1 heterocycles. The summed E-state index contributed by atoms with van der Waals surface area (Å²) in [5, 5.41) is 19.8. The molecule has 1 aromatic rings. The summed E-state index contributed by atoms with van der Waals surface area (Å²) in [6.45, 7) is 1.79. The van der Waals surface area contributed by atoms with E-state index in [4.69, 9.17) is 25.8 Å². The molecular formula is C16H17ClO6. The largest absolute Gasteiger partial charge is 0.506 e.